The SMILES string of the molecule is Cc1ccc(-n2nc3ccc(NC(=O)c4ccc(-c5cc(Cl)ccc5Cl)o4)cc3n2)cc1. The van der Waals surface area contributed by atoms with Crippen molar-refractivity contribution < 1.29 is 9.21 Å². The molecule has 6 nitrogen and oxygen atoms in total. The quantitative estimate of drug-likeness (QED) is 0.328. The zero-order chi connectivity index (χ0) is 22.2. The summed E-state index contributed by atoms with van der Waals surface area (Å²) in [4.78, 5) is 14.3. The summed E-state index contributed by atoms with van der Waals surface area (Å²) >= 11 is 12.3. The Balaban J connectivity index is 1.37. The highest BCUT2D eigenvalue weighted by atomic mass is 35.5. The molecule has 0 radical (unpaired) electrons. The Bertz CT molecular complexity index is 1450. The normalized spacial score (nSPS) is 11.1. The lowest BCUT2D eigenvalue weighted by Gasteiger charge is -2.03. The summed E-state index contributed by atoms with van der Waals surface area (Å²) in [6.45, 7) is 2.03. The second-order valence-corrected chi connectivity index (χ2v) is 8.11. The standard InChI is InChI=1S/C24H16Cl2N4O2/c1-14-2-6-17(7-3-14)30-28-20-9-5-16(13-21(20)29-30)27-24(31)23-11-10-22(32-23)18-12-15(25)4-8-19(18)26/h2-13H,1H3,(H,27,31). The number of rotatable bonds is 4. The Kier molecular flexibility index (Phi) is 5.17. The summed E-state index contributed by atoms with van der Waals surface area (Å²) in [7, 11) is 0. The number of nitrogens with one attached hydrogen (secondary N) is 1. The number of benzene rings is 3. The largest absolute Gasteiger partial charge is 0.451 e. The minimum atomic E-state index is -0.389. The predicted molar refractivity (Wildman–Crippen MR) is 126 cm³/mol. The average Bonchev–Trinajstić information content (AvgIpc) is 3.43. The number of carbonyl (C=O) groups excluding carboxylic acids is 1. The van der Waals surface area contributed by atoms with Gasteiger partial charge in [0.05, 0.1) is 10.7 Å². The minimum Gasteiger partial charge on any atom is -0.451 e. The van der Waals surface area contributed by atoms with Crippen molar-refractivity contribution in [2.45, 2.75) is 6.92 Å². The van der Waals surface area contributed by atoms with Gasteiger partial charge in [-0.3, -0.25) is 4.79 Å². The summed E-state index contributed by atoms with van der Waals surface area (Å²) in [5, 5.41) is 12.9. The highest BCUT2D eigenvalue weighted by Crippen LogP contribution is 2.32. The number of carbonyl (C=O) groups is 1. The molecule has 0 saturated heterocycles. The number of anilines is 1. The molecule has 5 rings (SSSR count). The van der Waals surface area contributed by atoms with Gasteiger partial charge in [0, 0.05) is 16.3 Å². The van der Waals surface area contributed by atoms with Crippen molar-refractivity contribution in [1.82, 2.24) is 15.0 Å². The molecule has 0 bridgehead atoms. The van der Waals surface area contributed by atoms with Crippen molar-refractivity contribution in [2.24, 2.45) is 0 Å². The van der Waals surface area contributed by atoms with Gasteiger partial charge in [-0.1, -0.05) is 40.9 Å². The summed E-state index contributed by atoms with van der Waals surface area (Å²) in [6.07, 6.45) is 0. The van der Waals surface area contributed by atoms with E-state index in [4.69, 9.17) is 27.6 Å². The first kappa shape index (κ1) is 20.3. The van der Waals surface area contributed by atoms with Gasteiger partial charge in [-0.25, -0.2) is 0 Å². The number of hydrogen-bond acceptors (Lipinski definition) is 4. The van der Waals surface area contributed by atoms with Crippen molar-refractivity contribution in [3.63, 3.8) is 0 Å². The van der Waals surface area contributed by atoms with Crippen molar-refractivity contribution in [2.75, 3.05) is 5.32 Å². The number of hydrogen-bond donors (Lipinski definition) is 1. The maximum atomic E-state index is 12.7. The van der Waals surface area contributed by atoms with Gasteiger partial charge in [0.1, 0.15) is 16.8 Å². The molecule has 0 aliphatic heterocycles. The molecule has 158 valence electrons. The van der Waals surface area contributed by atoms with Gasteiger partial charge in [0.2, 0.25) is 0 Å². The molecule has 0 saturated carbocycles. The zero-order valence-electron chi connectivity index (χ0n) is 16.8. The van der Waals surface area contributed by atoms with Gasteiger partial charge < -0.3 is 9.73 Å². The molecule has 8 heteroatoms. The third-order valence-electron chi connectivity index (χ3n) is 4.93. The van der Waals surface area contributed by atoms with E-state index in [1.807, 2.05) is 37.3 Å². The smallest absolute Gasteiger partial charge is 0.291 e. The molecule has 1 amide bonds. The van der Waals surface area contributed by atoms with Crippen LogP contribution >= 0.6 is 23.2 Å². The Hall–Kier alpha value is -3.61. The van der Waals surface area contributed by atoms with Crippen molar-refractivity contribution >= 4 is 45.8 Å². The molecular formula is C24H16Cl2N4O2. The molecule has 2 aromatic heterocycles. The van der Waals surface area contributed by atoms with E-state index in [9.17, 15) is 4.79 Å². The molecule has 2 heterocycles. The zero-order valence-corrected chi connectivity index (χ0v) is 18.4. The number of amides is 1. The van der Waals surface area contributed by atoms with Crippen LogP contribution in [0.2, 0.25) is 10.0 Å². The second-order valence-electron chi connectivity index (χ2n) is 7.27. The van der Waals surface area contributed by atoms with Gasteiger partial charge in [-0.05, 0) is 67.6 Å². The highest BCUT2D eigenvalue weighted by molar-refractivity contribution is 6.35. The number of fused-ring (bicyclic) bond motifs is 1. The van der Waals surface area contributed by atoms with Crippen LogP contribution in [0.25, 0.3) is 28.0 Å². The molecule has 32 heavy (non-hydrogen) atoms. The molecule has 0 unspecified atom stereocenters. The average molecular weight is 463 g/mol. The molecule has 0 aliphatic carbocycles. The third-order valence-corrected chi connectivity index (χ3v) is 5.49. The first-order valence-electron chi connectivity index (χ1n) is 9.77. The molecular weight excluding hydrogens is 447 g/mol. The van der Waals surface area contributed by atoms with Crippen molar-refractivity contribution in [1.29, 1.82) is 0 Å². The molecule has 0 fully saturated rings. The number of halogens is 2. The fourth-order valence-corrected chi connectivity index (χ4v) is 3.65. The molecule has 5 aromatic rings. The molecule has 0 atom stereocenters. The highest BCUT2D eigenvalue weighted by Gasteiger charge is 2.15. The Morgan fingerprint density at radius 1 is 0.906 bits per heavy atom. The van der Waals surface area contributed by atoms with E-state index in [0.717, 1.165) is 16.8 Å². The predicted octanol–water partition coefficient (Wildman–Crippen LogP) is 6.55. The van der Waals surface area contributed by atoms with E-state index in [1.165, 1.54) is 0 Å². The number of aromatic nitrogens is 3. The van der Waals surface area contributed by atoms with Crippen LogP contribution in [0.1, 0.15) is 16.1 Å². The van der Waals surface area contributed by atoms with E-state index >= 15 is 0 Å². The van der Waals surface area contributed by atoms with Crippen LogP contribution in [-0.4, -0.2) is 20.9 Å². The summed E-state index contributed by atoms with van der Waals surface area (Å²) in [5.41, 5.74) is 4.60. The van der Waals surface area contributed by atoms with E-state index in [2.05, 4.69) is 15.5 Å². The Morgan fingerprint density at radius 3 is 2.50 bits per heavy atom. The van der Waals surface area contributed by atoms with Crippen molar-refractivity contribution in [3.05, 3.63) is 94.2 Å². The number of nitrogens with zero attached hydrogens (tertiary/aromatic N) is 3. The fourth-order valence-electron chi connectivity index (χ4n) is 3.27. The van der Waals surface area contributed by atoms with Crippen LogP contribution in [-0.2, 0) is 0 Å². The molecule has 0 spiro atoms. The van der Waals surface area contributed by atoms with Gasteiger partial charge >= 0.3 is 0 Å². The van der Waals surface area contributed by atoms with Crippen molar-refractivity contribution in [3.8, 4) is 17.0 Å². The van der Waals surface area contributed by atoms with E-state index < -0.39 is 0 Å². The van der Waals surface area contributed by atoms with Crippen LogP contribution in [0.3, 0.4) is 0 Å². The van der Waals surface area contributed by atoms with Gasteiger partial charge in [0.15, 0.2) is 5.76 Å². The lowest BCUT2D eigenvalue weighted by atomic mass is 10.2. The lowest BCUT2D eigenvalue weighted by molar-refractivity contribution is 0.0997. The summed E-state index contributed by atoms with van der Waals surface area (Å²) in [5.74, 6) is 0.221. The first-order chi connectivity index (χ1) is 15.5. The van der Waals surface area contributed by atoms with Crippen LogP contribution in [0, 0.1) is 6.92 Å². The minimum absolute atomic E-state index is 0.152. The van der Waals surface area contributed by atoms with Crippen LogP contribution in [0.5, 0.6) is 0 Å². The van der Waals surface area contributed by atoms with Crippen LogP contribution < -0.4 is 5.32 Å². The molecule has 0 aliphatic rings. The monoisotopic (exact) mass is 462 g/mol. The molecule has 1 N–H and O–H groups in total. The summed E-state index contributed by atoms with van der Waals surface area (Å²) < 4.78 is 5.71. The van der Waals surface area contributed by atoms with Crippen LogP contribution in [0.4, 0.5) is 5.69 Å². The summed E-state index contributed by atoms with van der Waals surface area (Å²) in [6, 6.07) is 21.6. The topological polar surface area (TPSA) is 73.0 Å². The van der Waals surface area contributed by atoms with E-state index in [1.54, 1.807) is 47.3 Å². The van der Waals surface area contributed by atoms with E-state index in [0.29, 0.717) is 32.6 Å². The second kappa shape index (κ2) is 8.15. The van der Waals surface area contributed by atoms with E-state index in [-0.39, 0.29) is 11.7 Å². The van der Waals surface area contributed by atoms with Gasteiger partial charge in [-0.15, -0.1) is 10.2 Å². The number of furan rings is 1. The maximum Gasteiger partial charge on any atom is 0.291 e. The third kappa shape index (κ3) is 3.98. The maximum absolute atomic E-state index is 12.7. The van der Waals surface area contributed by atoms with Gasteiger partial charge in [0.25, 0.3) is 5.91 Å². The van der Waals surface area contributed by atoms with Crippen LogP contribution in [0.15, 0.2) is 77.2 Å². The first-order valence-corrected chi connectivity index (χ1v) is 10.5. The fraction of sp³-hybridized carbons (Fsp3) is 0.0417. The Morgan fingerprint density at radius 2 is 1.69 bits per heavy atom. The lowest BCUT2D eigenvalue weighted by Crippen LogP contribution is -2.10. The molecule has 3 aromatic carbocycles. The number of aryl methyl sites for hydroxylation is 1. The van der Waals surface area contributed by atoms with Gasteiger partial charge in [-0.2, -0.15) is 4.80 Å². The Labute approximate surface area is 193 Å².